The molecule has 0 amide bonds. The highest BCUT2D eigenvalue weighted by molar-refractivity contribution is 7.58. The quantitative estimate of drug-likeness (QED) is 0.126. The number of carbonyl (C=O) groups is 1. The zero-order valence-corrected chi connectivity index (χ0v) is 28.0. The highest BCUT2D eigenvalue weighted by Crippen LogP contribution is 2.46. The van der Waals surface area contributed by atoms with Crippen LogP contribution in [-0.2, 0) is 20.2 Å². The van der Waals surface area contributed by atoms with E-state index in [4.69, 9.17) is 4.43 Å². The molecule has 0 bridgehead atoms. The van der Waals surface area contributed by atoms with Gasteiger partial charge in [-0.1, -0.05) is 111 Å². The first kappa shape index (κ1) is 33.5. The highest BCUT2D eigenvalue weighted by Gasteiger charge is 2.52. The number of carboxylic acid groups (broad SMARTS) is 1. The molecule has 4 rings (SSSR count). The van der Waals surface area contributed by atoms with Crippen molar-refractivity contribution in [1.29, 1.82) is 0 Å². The summed E-state index contributed by atoms with van der Waals surface area (Å²) in [6.07, 6.45) is -1.37. The van der Waals surface area contributed by atoms with Crippen LogP contribution in [-0.4, -0.2) is 42.7 Å². The average Bonchev–Trinajstić information content (AvgIpc) is 2.95. The molecule has 4 aromatic rings. The van der Waals surface area contributed by atoms with Crippen LogP contribution >= 0.6 is 7.37 Å². The van der Waals surface area contributed by atoms with Gasteiger partial charge < -0.3 is 14.4 Å². The molecule has 0 spiro atoms. The van der Waals surface area contributed by atoms with Gasteiger partial charge in [-0.15, -0.1) is 0 Å². The molecule has 0 aromatic heterocycles. The second kappa shape index (κ2) is 13.7. The lowest BCUT2D eigenvalue weighted by Gasteiger charge is -2.45. The lowest BCUT2D eigenvalue weighted by Crippen LogP contribution is -2.68. The van der Waals surface area contributed by atoms with Crippen LogP contribution in [0, 0.1) is 19.7 Å². The molecule has 2 N–H and O–H groups in total. The van der Waals surface area contributed by atoms with E-state index in [1.54, 1.807) is 12.1 Å². The Hall–Kier alpha value is -3.35. The Kier molecular flexibility index (Phi) is 10.5. The van der Waals surface area contributed by atoms with E-state index in [-0.39, 0.29) is 24.6 Å². The second-order valence-electron chi connectivity index (χ2n) is 12.6. The van der Waals surface area contributed by atoms with E-state index in [0.717, 1.165) is 38.2 Å². The van der Waals surface area contributed by atoms with Crippen molar-refractivity contribution in [1.82, 2.24) is 0 Å². The highest BCUT2D eigenvalue weighted by atomic mass is 31.2. The summed E-state index contributed by atoms with van der Waals surface area (Å²) in [6, 6.07) is 30.0. The molecule has 44 heavy (non-hydrogen) atoms. The van der Waals surface area contributed by atoms with Crippen LogP contribution in [0.2, 0.25) is 5.04 Å². The molecule has 2 unspecified atom stereocenters. The Bertz CT molecular complexity index is 1580. The van der Waals surface area contributed by atoms with E-state index in [1.807, 2.05) is 86.6 Å². The van der Waals surface area contributed by atoms with Crippen LogP contribution in [0.5, 0.6) is 0 Å². The van der Waals surface area contributed by atoms with E-state index < -0.39 is 32.8 Å². The molecule has 0 radical (unpaired) electrons. The summed E-state index contributed by atoms with van der Waals surface area (Å²) < 4.78 is 34.6. The van der Waals surface area contributed by atoms with Crippen LogP contribution in [0.3, 0.4) is 0 Å². The van der Waals surface area contributed by atoms with Gasteiger partial charge in [0, 0.05) is 6.16 Å². The number of aliphatic carboxylic acids is 1. The average molecular weight is 633 g/mol. The summed E-state index contributed by atoms with van der Waals surface area (Å²) in [4.78, 5) is 23.5. The van der Waals surface area contributed by atoms with Crippen LogP contribution in [0.25, 0.3) is 11.1 Å². The number of benzene rings is 4. The smallest absolute Gasteiger partial charge is 0.305 e. The number of halogens is 1. The fourth-order valence-electron chi connectivity index (χ4n) is 6.19. The molecule has 0 aliphatic carbocycles. The summed E-state index contributed by atoms with van der Waals surface area (Å²) in [5, 5.41) is 11.4. The summed E-state index contributed by atoms with van der Waals surface area (Å²) >= 11 is 0. The van der Waals surface area contributed by atoms with Gasteiger partial charge in [-0.05, 0) is 70.1 Å². The van der Waals surface area contributed by atoms with Gasteiger partial charge in [-0.3, -0.25) is 9.36 Å². The minimum Gasteiger partial charge on any atom is -0.481 e. The molecule has 8 heteroatoms. The van der Waals surface area contributed by atoms with Crippen molar-refractivity contribution in [3.63, 3.8) is 0 Å². The van der Waals surface area contributed by atoms with Crippen molar-refractivity contribution in [3.05, 3.63) is 120 Å². The van der Waals surface area contributed by atoms with Gasteiger partial charge in [0.25, 0.3) is 8.32 Å². The van der Waals surface area contributed by atoms with Gasteiger partial charge in [0.05, 0.1) is 18.7 Å². The normalized spacial score (nSPS) is 14.2. The van der Waals surface area contributed by atoms with Crippen molar-refractivity contribution in [3.8, 4) is 11.1 Å². The Balaban J connectivity index is 1.69. The van der Waals surface area contributed by atoms with Crippen molar-refractivity contribution in [2.75, 3.05) is 12.3 Å². The first-order valence-electron chi connectivity index (χ1n) is 14.9. The van der Waals surface area contributed by atoms with E-state index in [1.165, 1.54) is 12.1 Å². The van der Waals surface area contributed by atoms with Gasteiger partial charge in [0.1, 0.15) is 5.82 Å². The summed E-state index contributed by atoms with van der Waals surface area (Å²) in [5.41, 5.74) is 4.67. The van der Waals surface area contributed by atoms with E-state index in [2.05, 4.69) is 20.8 Å². The van der Waals surface area contributed by atoms with Gasteiger partial charge in [-0.25, -0.2) is 4.39 Å². The van der Waals surface area contributed by atoms with Gasteiger partial charge in [-0.2, -0.15) is 0 Å². The molecule has 4 aromatic carbocycles. The van der Waals surface area contributed by atoms with Crippen molar-refractivity contribution in [2.24, 2.45) is 0 Å². The maximum Gasteiger partial charge on any atom is 0.305 e. The zero-order chi connectivity index (χ0) is 32.1. The SMILES string of the molecule is Cc1cc(C)c(CCP(=O)(O)CC(CC(=O)O)O[Si](c2ccccc2)(c2ccccc2)C(C)(C)C)c(-c2ccc(F)cc2)c1. The number of carboxylic acids is 1. The summed E-state index contributed by atoms with van der Waals surface area (Å²) in [6.45, 7) is 10.2. The third kappa shape index (κ3) is 7.83. The van der Waals surface area contributed by atoms with Gasteiger partial charge in [0.2, 0.25) is 7.37 Å². The van der Waals surface area contributed by atoms with E-state index in [0.29, 0.717) is 6.42 Å². The van der Waals surface area contributed by atoms with Crippen molar-refractivity contribution < 1.29 is 28.2 Å². The van der Waals surface area contributed by atoms with Gasteiger partial charge >= 0.3 is 5.97 Å². The maximum atomic E-state index is 13.9. The van der Waals surface area contributed by atoms with Crippen LogP contribution in [0.15, 0.2) is 97.1 Å². The molecular formula is C36H42FO5PSi. The van der Waals surface area contributed by atoms with Crippen molar-refractivity contribution >= 4 is 32.0 Å². The molecule has 232 valence electrons. The minimum atomic E-state index is -3.87. The Labute approximate surface area is 261 Å². The number of hydrogen-bond donors (Lipinski definition) is 2. The number of rotatable bonds is 12. The van der Waals surface area contributed by atoms with Crippen LogP contribution in [0.4, 0.5) is 4.39 Å². The zero-order valence-electron chi connectivity index (χ0n) is 26.1. The standard InChI is InChI=1S/C36H42FO5PSi/c1-26-22-27(2)33(34(23-26)28-16-18-29(37)19-17-28)20-21-43(40,41)25-30(24-35(38)39)42-44(36(3,4)5,31-12-8-6-9-13-31)32-14-10-7-11-15-32/h6-19,22-23,30H,20-21,24-25H2,1-5H3,(H,38,39)(H,40,41). The lowest BCUT2D eigenvalue weighted by molar-refractivity contribution is -0.138. The van der Waals surface area contributed by atoms with Crippen LogP contribution < -0.4 is 10.4 Å². The number of hydrogen-bond acceptors (Lipinski definition) is 3. The van der Waals surface area contributed by atoms with E-state index >= 15 is 0 Å². The van der Waals surface area contributed by atoms with Gasteiger partial charge in [0.15, 0.2) is 0 Å². The molecule has 0 saturated carbocycles. The molecule has 0 heterocycles. The third-order valence-corrected chi connectivity index (χ3v) is 15.1. The maximum absolute atomic E-state index is 13.9. The fraction of sp³-hybridized carbons (Fsp3) is 0.306. The molecule has 0 aliphatic rings. The molecule has 2 atom stereocenters. The topological polar surface area (TPSA) is 83.8 Å². The van der Waals surface area contributed by atoms with Crippen LogP contribution in [0.1, 0.15) is 43.9 Å². The molecule has 0 saturated heterocycles. The summed E-state index contributed by atoms with van der Waals surface area (Å²) in [5.74, 6) is -1.41. The summed E-state index contributed by atoms with van der Waals surface area (Å²) in [7, 11) is -7.03. The predicted molar refractivity (Wildman–Crippen MR) is 179 cm³/mol. The van der Waals surface area contributed by atoms with Crippen molar-refractivity contribution in [2.45, 2.75) is 58.6 Å². The first-order valence-corrected chi connectivity index (χ1v) is 18.8. The lowest BCUT2D eigenvalue weighted by atomic mass is 9.92. The third-order valence-electron chi connectivity index (χ3n) is 8.14. The first-order chi connectivity index (χ1) is 20.7. The Morgan fingerprint density at radius 3 is 1.95 bits per heavy atom. The monoisotopic (exact) mass is 632 g/mol. The minimum absolute atomic E-state index is 0.0364. The number of aryl methyl sites for hydroxylation is 2. The predicted octanol–water partition coefficient (Wildman–Crippen LogP) is 7.34. The Morgan fingerprint density at radius 1 is 0.909 bits per heavy atom. The molecular weight excluding hydrogens is 590 g/mol. The largest absolute Gasteiger partial charge is 0.481 e. The fourth-order valence-corrected chi connectivity index (χ4v) is 12.6. The second-order valence-corrected chi connectivity index (χ2v) is 19.4. The van der Waals surface area contributed by atoms with E-state index in [9.17, 15) is 23.7 Å². The molecule has 5 nitrogen and oxygen atoms in total. The molecule has 0 aliphatic heterocycles. The Morgan fingerprint density at radius 2 is 1.45 bits per heavy atom. The molecule has 0 fully saturated rings.